The van der Waals surface area contributed by atoms with E-state index in [0.29, 0.717) is 29.2 Å². The molecule has 0 saturated heterocycles. The van der Waals surface area contributed by atoms with E-state index in [2.05, 4.69) is 15.1 Å². The van der Waals surface area contributed by atoms with Gasteiger partial charge < -0.3 is 5.32 Å². The number of carbonyl (C=O) groups excluding carboxylic acids is 1. The summed E-state index contributed by atoms with van der Waals surface area (Å²) in [5.41, 5.74) is 1.56. The molecule has 2 aromatic carbocycles. The van der Waals surface area contributed by atoms with Crippen molar-refractivity contribution in [1.29, 1.82) is 0 Å². The Bertz CT molecular complexity index is 1140. The lowest BCUT2D eigenvalue weighted by molar-refractivity contribution is 0.102. The maximum atomic E-state index is 13.2. The number of aromatic nitrogens is 2. The van der Waals surface area contributed by atoms with Crippen molar-refractivity contribution in [1.82, 2.24) is 14.5 Å². The van der Waals surface area contributed by atoms with Crippen LogP contribution in [0, 0.1) is 12.7 Å². The van der Waals surface area contributed by atoms with E-state index in [0.717, 1.165) is 0 Å². The Kier molecular flexibility index (Phi) is 6.33. The summed E-state index contributed by atoms with van der Waals surface area (Å²) in [6.45, 7) is 5.45. The number of hydrogen-bond acceptors (Lipinski definition) is 4. The van der Waals surface area contributed by atoms with E-state index in [1.165, 1.54) is 41.1 Å². The zero-order valence-corrected chi connectivity index (χ0v) is 17.7. The number of halogens is 1. The van der Waals surface area contributed by atoms with Gasteiger partial charge >= 0.3 is 0 Å². The van der Waals surface area contributed by atoms with Gasteiger partial charge in [0, 0.05) is 17.7 Å². The summed E-state index contributed by atoms with van der Waals surface area (Å²) in [7, 11) is -3.64. The Labute approximate surface area is 175 Å². The minimum atomic E-state index is -3.64. The Hall–Kier alpha value is -3.04. The van der Waals surface area contributed by atoms with Crippen LogP contribution < -0.4 is 10.0 Å². The van der Waals surface area contributed by atoms with E-state index in [1.54, 1.807) is 32.0 Å². The first-order valence-corrected chi connectivity index (χ1v) is 10.9. The molecule has 1 unspecified atom stereocenters. The van der Waals surface area contributed by atoms with Crippen LogP contribution in [0.25, 0.3) is 5.69 Å². The van der Waals surface area contributed by atoms with Crippen LogP contribution in [0.4, 0.5) is 10.2 Å². The molecule has 0 saturated carbocycles. The lowest BCUT2D eigenvalue weighted by atomic mass is 10.2. The number of anilines is 1. The monoisotopic (exact) mass is 430 g/mol. The molecule has 0 radical (unpaired) electrons. The quantitative estimate of drug-likeness (QED) is 0.598. The van der Waals surface area contributed by atoms with Gasteiger partial charge in [-0.1, -0.05) is 6.92 Å². The Balaban J connectivity index is 1.80. The first-order chi connectivity index (χ1) is 14.2. The third kappa shape index (κ3) is 4.92. The third-order valence-corrected chi connectivity index (χ3v) is 6.15. The first-order valence-electron chi connectivity index (χ1n) is 9.46. The molecule has 1 atom stereocenters. The second-order valence-corrected chi connectivity index (χ2v) is 8.68. The first kappa shape index (κ1) is 21.7. The summed E-state index contributed by atoms with van der Waals surface area (Å²) >= 11 is 0. The van der Waals surface area contributed by atoms with Crippen molar-refractivity contribution in [3.05, 3.63) is 71.7 Å². The van der Waals surface area contributed by atoms with Gasteiger partial charge in [0.25, 0.3) is 5.91 Å². The standard InChI is InChI=1S/C21H23FN4O3S/c1-4-14(2)25-30(28,29)19-11-5-16(6-12-19)21(27)23-20-13-15(3)24-26(20)18-9-7-17(22)8-10-18/h5-14,25H,4H2,1-3H3,(H,23,27). The van der Waals surface area contributed by atoms with E-state index in [4.69, 9.17) is 0 Å². The number of nitrogens with zero attached hydrogens (tertiary/aromatic N) is 2. The lowest BCUT2D eigenvalue weighted by Gasteiger charge is -2.12. The van der Waals surface area contributed by atoms with E-state index in [9.17, 15) is 17.6 Å². The van der Waals surface area contributed by atoms with Crippen LogP contribution in [-0.2, 0) is 10.0 Å². The molecule has 0 aliphatic carbocycles. The van der Waals surface area contributed by atoms with Gasteiger partial charge in [0.1, 0.15) is 11.6 Å². The van der Waals surface area contributed by atoms with Crippen LogP contribution in [0.3, 0.4) is 0 Å². The van der Waals surface area contributed by atoms with Crippen molar-refractivity contribution in [2.45, 2.75) is 38.1 Å². The van der Waals surface area contributed by atoms with E-state index < -0.39 is 15.9 Å². The normalized spacial score (nSPS) is 12.5. The smallest absolute Gasteiger partial charge is 0.256 e. The number of sulfonamides is 1. The fourth-order valence-corrected chi connectivity index (χ4v) is 4.08. The van der Waals surface area contributed by atoms with Crippen LogP contribution in [0.5, 0.6) is 0 Å². The molecular weight excluding hydrogens is 407 g/mol. The summed E-state index contributed by atoms with van der Waals surface area (Å²) in [6, 6.07) is 12.9. The fourth-order valence-electron chi connectivity index (χ4n) is 2.76. The van der Waals surface area contributed by atoms with Crippen LogP contribution >= 0.6 is 0 Å². The van der Waals surface area contributed by atoms with E-state index in [-0.39, 0.29) is 16.8 Å². The highest BCUT2D eigenvalue weighted by Crippen LogP contribution is 2.19. The van der Waals surface area contributed by atoms with Crippen LogP contribution in [0.1, 0.15) is 36.3 Å². The van der Waals surface area contributed by atoms with Crippen molar-refractivity contribution in [3.8, 4) is 5.69 Å². The molecule has 2 N–H and O–H groups in total. The molecule has 0 aliphatic rings. The third-order valence-electron chi connectivity index (χ3n) is 4.54. The second kappa shape index (κ2) is 8.76. The summed E-state index contributed by atoms with van der Waals surface area (Å²) in [5, 5.41) is 7.09. The predicted molar refractivity (Wildman–Crippen MR) is 113 cm³/mol. The highest BCUT2D eigenvalue weighted by Gasteiger charge is 2.18. The van der Waals surface area contributed by atoms with Crippen molar-refractivity contribution < 1.29 is 17.6 Å². The summed E-state index contributed by atoms with van der Waals surface area (Å²) < 4.78 is 42.0. The van der Waals surface area contributed by atoms with Gasteiger partial charge in [-0.25, -0.2) is 22.2 Å². The van der Waals surface area contributed by atoms with Gasteiger partial charge in [0.15, 0.2) is 0 Å². The van der Waals surface area contributed by atoms with Crippen molar-refractivity contribution in [2.24, 2.45) is 0 Å². The molecule has 1 aromatic heterocycles. The lowest BCUT2D eigenvalue weighted by Crippen LogP contribution is -2.32. The molecule has 0 spiro atoms. The highest BCUT2D eigenvalue weighted by atomic mass is 32.2. The van der Waals surface area contributed by atoms with Gasteiger partial charge in [0.05, 0.1) is 16.3 Å². The van der Waals surface area contributed by atoms with Gasteiger partial charge in [-0.3, -0.25) is 4.79 Å². The van der Waals surface area contributed by atoms with E-state index in [1.807, 2.05) is 6.92 Å². The number of hydrogen-bond donors (Lipinski definition) is 2. The van der Waals surface area contributed by atoms with Gasteiger partial charge in [-0.2, -0.15) is 5.10 Å². The predicted octanol–water partition coefficient (Wildman–Crippen LogP) is 3.65. The topological polar surface area (TPSA) is 93.1 Å². The molecular formula is C21H23FN4O3S. The van der Waals surface area contributed by atoms with Crippen molar-refractivity contribution in [3.63, 3.8) is 0 Å². The SMILES string of the molecule is CCC(C)NS(=O)(=O)c1ccc(C(=O)Nc2cc(C)nn2-c2ccc(F)cc2)cc1. The minimum absolute atomic E-state index is 0.0894. The number of benzene rings is 2. The molecule has 0 aliphatic heterocycles. The van der Waals surface area contributed by atoms with Crippen molar-refractivity contribution in [2.75, 3.05) is 5.32 Å². The molecule has 158 valence electrons. The fraction of sp³-hybridized carbons (Fsp3) is 0.238. The van der Waals surface area contributed by atoms with Gasteiger partial charge in [0.2, 0.25) is 10.0 Å². The van der Waals surface area contributed by atoms with Gasteiger partial charge in [-0.15, -0.1) is 0 Å². The van der Waals surface area contributed by atoms with Crippen LogP contribution in [0.15, 0.2) is 59.5 Å². The molecule has 1 heterocycles. The maximum Gasteiger partial charge on any atom is 0.256 e. The van der Waals surface area contributed by atoms with Crippen LogP contribution in [-0.4, -0.2) is 30.1 Å². The Morgan fingerprint density at radius 1 is 1.13 bits per heavy atom. The van der Waals surface area contributed by atoms with Crippen LogP contribution in [0.2, 0.25) is 0 Å². The highest BCUT2D eigenvalue weighted by molar-refractivity contribution is 7.89. The largest absolute Gasteiger partial charge is 0.306 e. The molecule has 7 nitrogen and oxygen atoms in total. The number of carbonyl (C=O) groups is 1. The zero-order chi connectivity index (χ0) is 21.9. The summed E-state index contributed by atoms with van der Waals surface area (Å²) in [4.78, 5) is 12.8. The minimum Gasteiger partial charge on any atom is -0.306 e. The average Bonchev–Trinajstić information content (AvgIpc) is 3.08. The second-order valence-electron chi connectivity index (χ2n) is 6.97. The number of aryl methyl sites for hydroxylation is 1. The van der Waals surface area contributed by atoms with E-state index >= 15 is 0 Å². The molecule has 30 heavy (non-hydrogen) atoms. The Morgan fingerprint density at radius 3 is 2.37 bits per heavy atom. The Morgan fingerprint density at radius 2 is 1.77 bits per heavy atom. The molecule has 9 heteroatoms. The molecule has 1 amide bonds. The molecule has 3 aromatic rings. The molecule has 0 bridgehead atoms. The number of rotatable bonds is 7. The maximum absolute atomic E-state index is 13.2. The van der Waals surface area contributed by atoms with Gasteiger partial charge in [-0.05, 0) is 68.8 Å². The molecule has 3 rings (SSSR count). The summed E-state index contributed by atoms with van der Waals surface area (Å²) in [5.74, 6) is -0.373. The average molecular weight is 431 g/mol. The molecule has 0 fully saturated rings. The number of amides is 1. The summed E-state index contributed by atoms with van der Waals surface area (Å²) in [6.07, 6.45) is 0.668. The van der Waals surface area contributed by atoms with Crippen molar-refractivity contribution >= 4 is 21.7 Å². The zero-order valence-electron chi connectivity index (χ0n) is 16.9. The number of nitrogens with one attached hydrogen (secondary N) is 2.